The monoisotopic (exact) mass is 313 g/mol. The first-order chi connectivity index (χ1) is 10.0. The van der Waals surface area contributed by atoms with Gasteiger partial charge in [-0.25, -0.2) is 13.1 Å². The Kier molecular flexibility index (Phi) is 5.72. The van der Waals surface area contributed by atoms with E-state index in [0.29, 0.717) is 24.6 Å². The Morgan fingerprint density at radius 2 is 2.14 bits per heavy atom. The van der Waals surface area contributed by atoms with Crippen LogP contribution in [0.15, 0.2) is 29.2 Å². The number of rotatable bonds is 6. The first-order valence-corrected chi connectivity index (χ1v) is 8.53. The van der Waals surface area contributed by atoms with Gasteiger partial charge in [-0.15, -0.1) is 0 Å². The van der Waals surface area contributed by atoms with Gasteiger partial charge < -0.3 is 15.0 Å². The minimum atomic E-state index is -3.52. The van der Waals surface area contributed by atoms with E-state index >= 15 is 0 Å². The van der Waals surface area contributed by atoms with E-state index < -0.39 is 10.0 Å². The molecule has 0 amide bonds. The van der Waals surface area contributed by atoms with Crippen LogP contribution in [0, 0.1) is 0 Å². The average Bonchev–Trinajstić information content (AvgIpc) is 2.46. The summed E-state index contributed by atoms with van der Waals surface area (Å²) in [6, 6.07) is 7.02. The fraction of sp³-hybridized carbons (Fsp3) is 0.571. The fourth-order valence-corrected chi connectivity index (χ4v) is 3.68. The number of nitrogens with one attached hydrogen (secondary N) is 2. The molecule has 7 heteroatoms. The highest BCUT2D eigenvalue weighted by molar-refractivity contribution is 7.89. The molecule has 118 valence electrons. The van der Waals surface area contributed by atoms with Crippen molar-refractivity contribution in [1.29, 1.82) is 0 Å². The number of hydrogen-bond acceptors (Lipinski definition) is 5. The molecule has 2 rings (SSSR count). The molecule has 1 atom stereocenters. The number of likely N-dealkylation sites (N-methyl/N-ethyl adjacent to an activating group) is 1. The van der Waals surface area contributed by atoms with Crippen molar-refractivity contribution in [3.05, 3.63) is 29.8 Å². The molecule has 1 unspecified atom stereocenters. The van der Waals surface area contributed by atoms with Crippen LogP contribution in [0.5, 0.6) is 0 Å². The quantitative estimate of drug-likeness (QED) is 0.774. The molecule has 6 nitrogen and oxygen atoms in total. The van der Waals surface area contributed by atoms with Crippen LogP contribution in [0.4, 0.5) is 0 Å². The summed E-state index contributed by atoms with van der Waals surface area (Å²) in [6.07, 6.45) is -0.102. The molecule has 0 aromatic heterocycles. The van der Waals surface area contributed by atoms with Crippen LogP contribution in [-0.2, 0) is 21.3 Å². The topological polar surface area (TPSA) is 70.7 Å². The third kappa shape index (κ3) is 4.49. The molecule has 1 aliphatic rings. The van der Waals surface area contributed by atoms with Gasteiger partial charge in [-0.2, -0.15) is 0 Å². The summed E-state index contributed by atoms with van der Waals surface area (Å²) in [7, 11) is 0.282. The second kappa shape index (κ2) is 7.33. The molecule has 1 fully saturated rings. The summed E-state index contributed by atoms with van der Waals surface area (Å²) in [5.74, 6) is 0. The molecule has 21 heavy (non-hydrogen) atoms. The Labute approximate surface area is 126 Å². The van der Waals surface area contributed by atoms with Gasteiger partial charge in [0, 0.05) is 26.2 Å². The Morgan fingerprint density at radius 1 is 1.38 bits per heavy atom. The Balaban J connectivity index is 2.04. The summed E-state index contributed by atoms with van der Waals surface area (Å²) in [6.45, 7) is 3.06. The zero-order chi connectivity index (χ0) is 15.3. The van der Waals surface area contributed by atoms with Crippen molar-refractivity contribution < 1.29 is 13.2 Å². The van der Waals surface area contributed by atoms with Crippen LogP contribution in [0.25, 0.3) is 0 Å². The molecular formula is C14H23N3O3S. The van der Waals surface area contributed by atoms with E-state index in [1.165, 1.54) is 0 Å². The molecule has 1 heterocycles. The summed E-state index contributed by atoms with van der Waals surface area (Å²) < 4.78 is 33.1. The number of ether oxygens (including phenoxy) is 1. The van der Waals surface area contributed by atoms with E-state index in [1.54, 1.807) is 19.2 Å². The number of nitrogens with zero attached hydrogens (tertiary/aromatic N) is 1. The maximum Gasteiger partial charge on any atom is 0.240 e. The zero-order valence-corrected chi connectivity index (χ0v) is 13.3. The standard InChI is InChI=1S/C14H23N3O3S/c1-15-9-12-5-3-4-6-14(12)21(18,19)16-10-13-11-17(2)7-8-20-13/h3-6,13,15-16H,7-11H2,1-2H3. The van der Waals surface area contributed by atoms with E-state index in [2.05, 4.69) is 14.9 Å². The smallest absolute Gasteiger partial charge is 0.240 e. The van der Waals surface area contributed by atoms with Crippen LogP contribution >= 0.6 is 0 Å². The first-order valence-electron chi connectivity index (χ1n) is 7.05. The fourth-order valence-electron chi connectivity index (χ4n) is 2.37. The Morgan fingerprint density at radius 3 is 2.86 bits per heavy atom. The van der Waals surface area contributed by atoms with Gasteiger partial charge in [0.25, 0.3) is 0 Å². The average molecular weight is 313 g/mol. The molecule has 0 aliphatic carbocycles. The van der Waals surface area contributed by atoms with Crippen LogP contribution in [0.1, 0.15) is 5.56 Å². The Hall–Kier alpha value is -0.990. The summed E-state index contributed by atoms with van der Waals surface area (Å²) in [5, 5.41) is 2.98. The second-order valence-electron chi connectivity index (χ2n) is 5.24. The highest BCUT2D eigenvalue weighted by atomic mass is 32.2. The summed E-state index contributed by atoms with van der Waals surface area (Å²) >= 11 is 0. The lowest BCUT2D eigenvalue weighted by Gasteiger charge is -2.30. The number of sulfonamides is 1. The van der Waals surface area contributed by atoms with Gasteiger partial charge in [-0.3, -0.25) is 0 Å². The minimum Gasteiger partial charge on any atom is -0.374 e. The lowest BCUT2D eigenvalue weighted by Crippen LogP contribution is -2.46. The van der Waals surface area contributed by atoms with Gasteiger partial charge in [-0.05, 0) is 25.7 Å². The highest BCUT2D eigenvalue weighted by Gasteiger charge is 2.22. The normalized spacial score (nSPS) is 20.6. The molecule has 0 bridgehead atoms. The van der Waals surface area contributed by atoms with Gasteiger partial charge in [-0.1, -0.05) is 18.2 Å². The number of benzene rings is 1. The largest absolute Gasteiger partial charge is 0.374 e. The molecule has 1 aliphatic heterocycles. The van der Waals surface area contributed by atoms with Crippen molar-refractivity contribution >= 4 is 10.0 Å². The van der Waals surface area contributed by atoms with Gasteiger partial charge in [0.1, 0.15) is 0 Å². The van der Waals surface area contributed by atoms with E-state index in [9.17, 15) is 8.42 Å². The molecule has 0 saturated carbocycles. The van der Waals surface area contributed by atoms with Crippen molar-refractivity contribution in [2.24, 2.45) is 0 Å². The molecule has 1 aromatic carbocycles. The lowest BCUT2D eigenvalue weighted by molar-refractivity contribution is -0.0156. The van der Waals surface area contributed by atoms with E-state index in [4.69, 9.17) is 4.74 Å². The lowest BCUT2D eigenvalue weighted by atomic mass is 10.2. The third-order valence-corrected chi connectivity index (χ3v) is 5.00. The first kappa shape index (κ1) is 16.4. The maximum atomic E-state index is 12.4. The summed E-state index contributed by atoms with van der Waals surface area (Å²) in [5.41, 5.74) is 0.759. The van der Waals surface area contributed by atoms with Gasteiger partial charge >= 0.3 is 0 Å². The van der Waals surface area contributed by atoms with Crippen molar-refractivity contribution in [2.45, 2.75) is 17.5 Å². The van der Waals surface area contributed by atoms with Gasteiger partial charge in [0.2, 0.25) is 10.0 Å². The minimum absolute atomic E-state index is 0.102. The van der Waals surface area contributed by atoms with Crippen LogP contribution in [-0.4, -0.2) is 59.8 Å². The Bertz CT molecular complexity index is 562. The second-order valence-corrected chi connectivity index (χ2v) is 6.98. The van der Waals surface area contributed by atoms with E-state index in [-0.39, 0.29) is 6.10 Å². The number of hydrogen-bond donors (Lipinski definition) is 2. The van der Waals surface area contributed by atoms with Crippen LogP contribution in [0.3, 0.4) is 0 Å². The zero-order valence-electron chi connectivity index (χ0n) is 12.5. The van der Waals surface area contributed by atoms with Crippen molar-refractivity contribution in [1.82, 2.24) is 14.9 Å². The molecule has 0 spiro atoms. The molecule has 0 radical (unpaired) electrons. The van der Waals surface area contributed by atoms with Crippen LogP contribution < -0.4 is 10.0 Å². The third-order valence-electron chi connectivity index (χ3n) is 3.47. The van der Waals surface area contributed by atoms with Crippen molar-refractivity contribution in [3.63, 3.8) is 0 Å². The SMILES string of the molecule is CNCc1ccccc1S(=O)(=O)NCC1CN(C)CCO1. The molecule has 1 aromatic rings. The molecule has 1 saturated heterocycles. The van der Waals surface area contributed by atoms with E-state index in [1.807, 2.05) is 19.2 Å². The number of morpholine rings is 1. The van der Waals surface area contributed by atoms with E-state index in [0.717, 1.165) is 18.7 Å². The maximum absolute atomic E-state index is 12.4. The predicted octanol–water partition coefficient (Wildman–Crippen LogP) is 0.0149. The van der Waals surface area contributed by atoms with Gasteiger partial charge in [0.15, 0.2) is 0 Å². The summed E-state index contributed by atoms with van der Waals surface area (Å²) in [4.78, 5) is 2.46. The van der Waals surface area contributed by atoms with Gasteiger partial charge in [0.05, 0.1) is 17.6 Å². The highest BCUT2D eigenvalue weighted by Crippen LogP contribution is 2.15. The molecular weight excluding hydrogens is 290 g/mol. The van der Waals surface area contributed by atoms with Crippen LogP contribution in [0.2, 0.25) is 0 Å². The van der Waals surface area contributed by atoms with Crippen molar-refractivity contribution in [3.8, 4) is 0 Å². The van der Waals surface area contributed by atoms with Crippen molar-refractivity contribution in [2.75, 3.05) is 40.3 Å². The molecule has 2 N–H and O–H groups in total. The predicted molar refractivity (Wildman–Crippen MR) is 81.6 cm³/mol.